The van der Waals surface area contributed by atoms with Gasteiger partial charge in [-0.3, -0.25) is 9.78 Å². The van der Waals surface area contributed by atoms with Gasteiger partial charge in [0, 0.05) is 29.9 Å². The van der Waals surface area contributed by atoms with Crippen LogP contribution in [0.15, 0.2) is 53.7 Å². The highest BCUT2D eigenvalue weighted by Crippen LogP contribution is 2.28. The monoisotopic (exact) mass is 366 g/mol. The number of pyridine rings is 1. The van der Waals surface area contributed by atoms with Crippen molar-refractivity contribution < 1.29 is 13.2 Å². The molecular formula is C17H19ClN2O3S. The van der Waals surface area contributed by atoms with E-state index in [1.165, 1.54) is 30.5 Å². The molecule has 1 aromatic heterocycles. The third-order valence-electron chi connectivity index (χ3n) is 3.56. The summed E-state index contributed by atoms with van der Waals surface area (Å²) in [6.45, 7) is 3.48. The van der Waals surface area contributed by atoms with E-state index in [9.17, 15) is 13.2 Å². The summed E-state index contributed by atoms with van der Waals surface area (Å²) in [6.07, 6.45) is 3.07. The Balaban J connectivity index is 2.38. The molecular weight excluding hydrogens is 348 g/mol. The molecule has 0 aliphatic carbocycles. The quantitative estimate of drug-likeness (QED) is 0.852. The van der Waals surface area contributed by atoms with E-state index in [4.69, 9.17) is 11.6 Å². The average Bonchev–Trinajstić information content (AvgIpc) is 2.56. The highest BCUT2D eigenvalue weighted by Gasteiger charge is 2.30. The molecule has 5 nitrogen and oxygen atoms in total. The first kappa shape index (κ1) is 18.4. The molecule has 7 heteroatoms. The number of carbonyl (C=O) groups excluding carboxylic acids is 1. The highest BCUT2D eigenvalue weighted by molar-refractivity contribution is 7.91. The molecule has 1 aromatic carbocycles. The lowest BCUT2D eigenvalue weighted by Gasteiger charge is -2.19. The molecule has 0 saturated heterocycles. The van der Waals surface area contributed by atoms with Gasteiger partial charge in [-0.2, -0.15) is 0 Å². The smallest absolute Gasteiger partial charge is 0.222 e. The van der Waals surface area contributed by atoms with Gasteiger partial charge in [0.15, 0.2) is 9.84 Å². The fourth-order valence-electron chi connectivity index (χ4n) is 2.16. The minimum Gasteiger partial charge on any atom is -0.354 e. The number of aromatic nitrogens is 1. The molecule has 0 radical (unpaired) electrons. The van der Waals surface area contributed by atoms with Crippen LogP contribution in [0.3, 0.4) is 0 Å². The van der Waals surface area contributed by atoms with Crippen molar-refractivity contribution >= 4 is 27.3 Å². The topological polar surface area (TPSA) is 76.1 Å². The summed E-state index contributed by atoms with van der Waals surface area (Å²) in [6, 6.07) is 9.34. The molecule has 0 fully saturated rings. The second kappa shape index (κ2) is 7.77. The van der Waals surface area contributed by atoms with Crippen molar-refractivity contribution in [1.82, 2.24) is 10.3 Å². The summed E-state index contributed by atoms with van der Waals surface area (Å²) < 4.78 is 26.0. The van der Waals surface area contributed by atoms with Crippen LogP contribution in [0.4, 0.5) is 0 Å². The molecule has 0 aliphatic heterocycles. The van der Waals surface area contributed by atoms with E-state index in [2.05, 4.69) is 10.3 Å². The minimum atomic E-state index is -3.71. The number of rotatable bonds is 6. The van der Waals surface area contributed by atoms with Crippen LogP contribution in [-0.2, 0) is 14.6 Å². The van der Waals surface area contributed by atoms with Gasteiger partial charge in [-0.25, -0.2) is 8.42 Å². The molecule has 0 unspecified atom stereocenters. The van der Waals surface area contributed by atoms with Crippen molar-refractivity contribution in [3.05, 3.63) is 59.4 Å². The molecule has 2 rings (SSSR count). The van der Waals surface area contributed by atoms with Crippen molar-refractivity contribution in [2.24, 2.45) is 5.92 Å². The second-order valence-electron chi connectivity index (χ2n) is 5.67. The number of hydrogen-bond donors (Lipinski definition) is 1. The lowest BCUT2D eigenvalue weighted by atomic mass is 10.2. The lowest BCUT2D eigenvalue weighted by Crippen LogP contribution is -2.34. The van der Waals surface area contributed by atoms with Crippen LogP contribution in [0.5, 0.6) is 0 Å². The average molecular weight is 367 g/mol. The van der Waals surface area contributed by atoms with E-state index in [0.29, 0.717) is 10.6 Å². The predicted octanol–water partition coefficient (Wildman–Crippen LogP) is 3.02. The first-order chi connectivity index (χ1) is 11.3. The molecule has 1 N–H and O–H groups in total. The van der Waals surface area contributed by atoms with E-state index in [-0.39, 0.29) is 23.3 Å². The maximum atomic E-state index is 13.0. The number of amides is 1. The van der Waals surface area contributed by atoms with Crippen LogP contribution in [0.2, 0.25) is 5.02 Å². The number of hydrogen-bond acceptors (Lipinski definition) is 4. The molecule has 2 aromatic rings. The Morgan fingerprint density at radius 3 is 2.42 bits per heavy atom. The molecule has 1 atom stereocenters. The van der Waals surface area contributed by atoms with Crippen LogP contribution in [0.25, 0.3) is 0 Å². The zero-order valence-electron chi connectivity index (χ0n) is 13.4. The van der Waals surface area contributed by atoms with Gasteiger partial charge in [0.1, 0.15) is 5.25 Å². The van der Waals surface area contributed by atoms with Crippen molar-refractivity contribution in [2.75, 3.05) is 6.54 Å². The van der Waals surface area contributed by atoms with Crippen LogP contribution < -0.4 is 5.32 Å². The van der Waals surface area contributed by atoms with Gasteiger partial charge >= 0.3 is 0 Å². The number of sulfone groups is 1. The summed E-state index contributed by atoms with van der Waals surface area (Å²) >= 11 is 5.83. The van der Waals surface area contributed by atoms with Crippen molar-refractivity contribution in [3.8, 4) is 0 Å². The maximum Gasteiger partial charge on any atom is 0.222 e. The third kappa shape index (κ3) is 4.33. The zero-order valence-corrected chi connectivity index (χ0v) is 15.0. The van der Waals surface area contributed by atoms with Gasteiger partial charge in [-0.15, -0.1) is 0 Å². The van der Waals surface area contributed by atoms with Gasteiger partial charge in [-0.1, -0.05) is 31.5 Å². The second-order valence-corrected chi connectivity index (χ2v) is 8.24. The molecule has 0 aliphatic rings. The molecule has 0 bridgehead atoms. The fourth-order valence-corrected chi connectivity index (χ4v) is 3.93. The first-order valence-electron chi connectivity index (χ1n) is 7.49. The summed E-state index contributed by atoms with van der Waals surface area (Å²) in [5.74, 6) is -0.423. The van der Waals surface area contributed by atoms with Gasteiger partial charge in [0.25, 0.3) is 0 Å². The largest absolute Gasteiger partial charge is 0.354 e. The maximum absolute atomic E-state index is 13.0. The van der Waals surface area contributed by atoms with Crippen molar-refractivity contribution in [3.63, 3.8) is 0 Å². The Morgan fingerprint density at radius 2 is 1.88 bits per heavy atom. The Morgan fingerprint density at radius 1 is 1.21 bits per heavy atom. The summed E-state index contributed by atoms with van der Waals surface area (Å²) in [5.41, 5.74) is 0.525. The SMILES string of the molecule is CC(C)C(=O)NC[C@H](c1cccnc1)S(=O)(=O)c1ccc(Cl)cc1. The Bertz CT molecular complexity index is 790. The first-order valence-corrected chi connectivity index (χ1v) is 9.42. The number of benzene rings is 1. The number of halogens is 1. The molecule has 128 valence electrons. The Labute approximate surface area is 147 Å². The van der Waals surface area contributed by atoms with E-state index in [0.717, 1.165) is 0 Å². The van der Waals surface area contributed by atoms with Crippen LogP contribution in [0, 0.1) is 5.92 Å². The van der Waals surface area contributed by atoms with Gasteiger partial charge < -0.3 is 5.32 Å². The van der Waals surface area contributed by atoms with E-state index in [1.54, 1.807) is 32.2 Å². The van der Waals surface area contributed by atoms with Crippen LogP contribution in [0.1, 0.15) is 24.7 Å². The van der Waals surface area contributed by atoms with Crippen molar-refractivity contribution in [1.29, 1.82) is 0 Å². The number of nitrogens with one attached hydrogen (secondary N) is 1. The minimum absolute atomic E-state index is 0.0202. The standard InChI is InChI=1S/C17H19ClN2O3S/c1-12(2)17(21)20-11-16(13-4-3-9-19-10-13)24(22,23)15-7-5-14(18)6-8-15/h3-10,12,16H,11H2,1-2H3,(H,20,21)/t16-/m1/s1. The predicted molar refractivity (Wildman–Crippen MR) is 93.5 cm³/mol. The summed E-state index contributed by atoms with van der Waals surface area (Å²) in [5, 5.41) is 2.23. The summed E-state index contributed by atoms with van der Waals surface area (Å²) in [7, 11) is -3.71. The van der Waals surface area contributed by atoms with Gasteiger partial charge in [0.2, 0.25) is 5.91 Å². The van der Waals surface area contributed by atoms with Gasteiger partial charge in [0.05, 0.1) is 4.90 Å². The normalized spacial score (nSPS) is 12.8. The molecule has 1 amide bonds. The van der Waals surface area contributed by atoms with Gasteiger partial charge in [-0.05, 0) is 35.9 Å². The zero-order chi connectivity index (χ0) is 17.7. The third-order valence-corrected chi connectivity index (χ3v) is 5.93. The van der Waals surface area contributed by atoms with Crippen LogP contribution >= 0.6 is 11.6 Å². The Hall–Kier alpha value is -1.92. The summed E-state index contributed by atoms with van der Waals surface area (Å²) in [4.78, 5) is 16.0. The molecule has 0 spiro atoms. The molecule has 0 saturated carbocycles. The van der Waals surface area contributed by atoms with E-state index >= 15 is 0 Å². The Kier molecular flexibility index (Phi) is 5.96. The lowest BCUT2D eigenvalue weighted by molar-refractivity contribution is -0.123. The van der Waals surface area contributed by atoms with E-state index in [1.807, 2.05) is 0 Å². The fraction of sp³-hybridized carbons (Fsp3) is 0.294. The van der Waals surface area contributed by atoms with Crippen LogP contribution in [-0.4, -0.2) is 25.9 Å². The highest BCUT2D eigenvalue weighted by atomic mass is 35.5. The number of carbonyl (C=O) groups is 1. The molecule has 24 heavy (non-hydrogen) atoms. The van der Waals surface area contributed by atoms with E-state index < -0.39 is 15.1 Å². The van der Waals surface area contributed by atoms with Crippen molar-refractivity contribution in [2.45, 2.75) is 24.0 Å². The molecule has 1 heterocycles. The number of nitrogens with zero attached hydrogens (tertiary/aromatic N) is 1.